The Balaban J connectivity index is 1.64. The van der Waals surface area contributed by atoms with Crippen LogP contribution in [0.1, 0.15) is 42.5 Å². The first-order valence-electron chi connectivity index (χ1n) is 9.67. The number of fused-ring (bicyclic) bond motifs is 1. The van der Waals surface area contributed by atoms with Crippen molar-refractivity contribution < 1.29 is 19.4 Å². The summed E-state index contributed by atoms with van der Waals surface area (Å²) in [6, 6.07) is 5.07. The van der Waals surface area contributed by atoms with Gasteiger partial charge < -0.3 is 25.4 Å². The highest BCUT2D eigenvalue weighted by Gasteiger charge is 2.29. The maximum Gasteiger partial charge on any atom is 0.339 e. The highest BCUT2D eigenvalue weighted by atomic mass is 16.5. The van der Waals surface area contributed by atoms with Crippen molar-refractivity contribution in [2.45, 2.75) is 38.1 Å². The quantitative estimate of drug-likeness (QED) is 0.705. The highest BCUT2D eigenvalue weighted by molar-refractivity contribution is 5.95. The molecule has 2 aromatic rings. The summed E-state index contributed by atoms with van der Waals surface area (Å²) in [4.78, 5) is 34.5. The summed E-state index contributed by atoms with van der Waals surface area (Å²) < 4.78 is 5.17. The van der Waals surface area contributed by atoms with Crippen LogP contribution in [0.2, 0.25) is 0 Å². The number of ether oxygens (including phenoxy) is 1. The van der Waals surface area contributed by atoms with E-state index in [1.54, 1.807) is 18.3 Å². The van der Waals surface area contributed by atoms with Gasteiger partial charge in [-0.2, -0.15) is 4.98 Å². The molecule has 1 fully saturated rings. The van der Waals surface area contributed by atoms with Crippen LogP contribution in [0, 0.1) is 0 Å². The zero-order chi connectivity index (χ0) is 20.4. The van der Waals surface area contributed by atoms with Gasteiger partial charge in [-0.15, -0.1) is 0 Å². The molecule has 2 aliphatic rings. The van der Waals surface area contributed by atoms with E-state index in [4.69, 9.17) is 4.74 Å². The van der Waals surface area contributed by atoms with Gasteiger partial charge in [0.2, 0.25) is 11.9 Å². The molecule has 2 heterocycles. The van der Waals surface area contributed by atoms with Crippen molar-refractivity contribution in [2.24, 2.45) is 0 Å². The van der Waals surface area contributed by atoms with E-state index < -0.39 is 5.97 Å². The van der Waals surface area contributed by atoms with Crippen LogP contribution in [0.3, 0.4) is 0 Å². The van der Waals surface area contributed by atoms with Gasteiger partial charge in [0.25, 0.3) is 0 Å². The van der Waals surface area contributed by atoms with E-state index >= 15 is 0 Å². The molecule has 4 rings (SSSR count). The lowest BCUT2D eigenvalue weighted by Gasteiger charge is -2.29. The summed E-state index contributed by atoms with van der Waals surface area (Å²) in [5.41, 5.74) is 1.30. The number of aromatic nitrogens is 2. The fraction of sp³-hybridized carbons (Fsp3) is 0.400. The fourth-order valence-corrected chi connectivity index (χ4v) is 3.93. The SMILES string of the molecule is COc1cc(Nc2ncc3c(n2)N(C2CCCC2)CCC(=O)N3)ccc1C(=O)O. The van der Waals surface area contributed by atoms with Crippen molar-refractivity contribution in [1.29, 1.82) is 0 Å². The molecule has 0 saturated heterocycles. The molecule has 3 N–H and O–H groups in total. The first-order chi connectivity index (χ1) is 14.0. The summed E-state index contributed by atoms with van der Waals surface area (Å²) >= 11 is 0. The maximum atomic E-state index is 12.1. The van der Waals surface area contributed by atoms with Crippen LogP contribution in [0.4, 0.5) is 23.1 Å². The number of nitrogens with one attached hydrogen (secondary N) is 2. The molecule has 1 aromatic carbocycles. The summed E-state index contributed by atoms with van der Waals surface area (Å²) in [7, 11) is 1.42. The van der Waals surface area contributed by atoms with Crippen molar-refractivity contribution in [2.75, 3.05) is 29.2 Å². The lowest BCUT2D eigenvalue weighted by atomic mass is 10.2. The molecule has 0 unspecified atom stereocenters. The fourth-order valence-electron chi connectivity index (χ4n) is 3.93. The van der Waals surface area contributed by atoms with Gasteiger partial charge in [-0.25, -0.2) is 9.78 Å². The maximum absolute atomic E-state index is 12.1. The van der Waals surface area contributed by atoms with Crippen molar-refractivity contribution in [3.8, 4) is 5.75 Å². The molecule has 152 valence electrons. The number of carbonyl (C=O) groups excluding carboxylic acids is 1. The van der Waals surface area contributed by atoms with E-state index in [1.807, 2.05) is 0 Å². The number of carboxylic acid groups (broad SMARTS) is 1. The van der Waals surface area contributed by atoms with Crippen LogP contribution < -0.4 is 20.3 Å². The monoisotopic (exact) mass is 397 g/mol. The van der Waals surface area contributed by atoms with E-state index in [1.165, 1.54) is 26.0 Å². The molecule has 1 saturated carbocycles. The molecule has 9 heteroatoms. The summed E-state index contributed by atoms with van der Waals surface area (Å²) in [5.74, 6) is 0.238. The second-order valence-corrected chi connectivity index (χ2v) is 7.21. The van der Waals surface area contributed by atoms with Gasteiger partial charge in [0.05, 0.1) is 13.3 Å². The second kappa shape index (κ2) is 7.94. The molecule has 1 aromatic heterocycles. The Hall–Kier alpha value is -3.36. The molecular weight excluding hydrogens is 374 g/mol. The number of aromatic carboxylic acids is 1. The van der Waals surface area contributed by atoms with Gasteiger partial charge in [-0.05, 0) is 25.0 Å². The number of amides is 1. The van der Waals surface area contributed by atoms with E-state index in [-0.39, 0.29) is 17.2 Å². The van der Waals surface area contributed by atoms with Crippen LogP contribution >= 0.6 is 0 Å². The van der Waals surface area contributed by atoms with Crippen molar-refractivity contribution in [3.05, 3.63) is 30.0 Å². The topological polar surface area (TPSA) is 117 Å². The number of anilines is 4. The van der Waals surface area contributed by atoms with E-state index in [0.29, 0.717) is 36.3 Å². The Labute approximate surface area is 168 Å². The third-order valence-corrected chi connectivity index (χ3v) is 5.35. The van der Waals surface area contributed by atoms with Gasteiger partial charge in [-0.1, -0.05) is 12.8 Å². The molecule has 0 atom stereocenters. The highest BCUT2D eigenvalue weighted by Crippen LogP contribution is 2.34. The number of carbonyl (C=O) groups is 2. The van der Waals surface area contributed by atoms with Gasteiger partial charge in [0.1, 0.15) is 17.0 Å². The predicted octanol–water partition coefficient (Wildman–Crippen LogP) is 3.02. The normalized spacial score (nSPS) is 16.7. The van der Waals surface area contributed by atoms with Crippen LogP contribution in [0.5, 0.6) is 5.75 Å². The summed E-state index contributed by atoms with van der Waals surface area (Å²) in [5, 5.41) is 15.2. The third-order valence-electron chi connectivity index (χ3n) is 5.35. The Kier molecular flexibility index (Phi) is 5.20. The Bertz CT molecular complexity index is 942. The van der Waals surface area contributed by atoms with Crippen molar-refractivity contribution >= 4 is 35.0 Å². The minimum atomic E-state index is -1.06. The average Bonchev–Trinajstić information content (AvgIpc) is 3.18. The molecule has 9 nitrogen and oxygen atoms in total. The van der Waals surface area contributed by atoms with E-state index in [0.717, 1.165) is 18.7 Å². The number of methoxy groups -OCH3 is 1. The van der Waals surface area contributed by atoms with Crippen LogP contribution in [0.25, 0.3) is 0 Å². The number of hydrogen-bond acceptors (Lipinski definition) is 7. The molecule has 29 heavy (non-hydrogen) atoms. The lowest BCUT2D eigenvalue weighted by Crippen LogP contribution is -2.34. The molecule has 1 amide bonds. The predicted molar refractivity (Wildman–Crippen MR) is 108 cm³/mol. The number of carboxylic acids is 1. The zero-order valence-corrected chi connectivity index (χ0v) is 16.1. The molecule has 0 radical (unpaired) electrons. The van der Waals surface area contributed by atoms with Crippen molar-refractivity contribution in [1.82, 2.24) is 9.97 Å². The van der Waals surface area contributed by atoms with Crippen LogP contribution in [-0.4, -0.2) is 46.6 Å². The molecule has 1 aliphatic carbocycles. The smallest absolute Gasteiger partial charge is 0.339 e. The standard InChI is InChI=1S/C20H23N5O4/c1-29-16-10-12(6-7-14(16)19(27)28)22-20-21-11-15-18(24-20)25(9-8-17(26)23-15)13-4-2-3-5-13/h6-7,10-11,13H,2-5,8-9H2,1H3,(H,23,26)(H,27,28)(H,21,22,24). The Morgan fingerprint density at radius 3 is 2.86 bits per heavy atom. The van der Waals surface area contributed by atoms with E-state index in [9.17, 15) is 14.7 Å². The number of hydrogen-bond donors (Lipinski definition) is 3. The Morgan fingerprint density at radius 1 is 1.34 bits per heavy atom. The Morgan fingerprint density at radius 2 is 2.14 bits per heavy atom. The number of nitrogens with zero attached hydrogens (tertiary/aromatic N) is 3. The molecular formula is C20H23N5O4. The average molecular weight is 397 g/mol. The number of benzene rings is 1. The summed E-state index contributed by atoms with van der Waals surface area (Å²) in [6.07, 6.45) is 6.58. The van der Waals surface area contributed by atoms with Gasteiger partial charge in [0.15, 0.2) is 5.82 Å². The van der Waals surface area contributed by atoms with Gasteiger partial charge in [-0.3, -0.25) is 4.79 Å². The first-order valence-corrected chi connectivity index (χ1v) is 9.67. The van der Waals surface area contributed by atoms with Crippen molar-refractivity contribution in [3.63, 3.8) is 0 Å². The van der Waals surface area contributed by atoms with Gasteiger partial charge in [0, 0.05) is 30.8 Å². The third kappa shape index (κ3) is 3.94. The lowest BCUT2D eigenvalue weighted by molar-refractivity contribution is -0.116. The first kappa shape index (κ1) is 19.0. The minimum Gasteiger partial charge on any atom is -0.496 e. The van der Waals surface area contributed by atoms with Gasteiger partial charge >= 0.3 is 5.97 Å². The summed E-state index contributed by atoms with van der Waals surface area (Å²) in [6.45, 7) is 0.626. The molecule has 0 spiro atoms. The molecule has 0 bridgehead atoms. The zero-order valence-electron chi connectivity index (χ0n) is 16.1. The second-order valence-electron chi connectivity index (χ2n) is 7.21. The van der Waals surface area contributed by atoms with Crippen LogP contribution in [-0.2, 0) is 4.79 Å². The minimum absolute atomic E-state index is 0.0370. The molecule has 1 aliphatic heterocycles. The van der Waals surface area contributed by atoms with Crippen LogP contribution in [0.15, 0.2) is 24.4 Å². The van der Waals surface area contributed by atoms with E-state index in [2.05, 4.69) is 25.5 Å². The number of rotatable bonds is 5. The largest absolute Gasteiger partial charge is 0.496 e.